The molecule has 2 aromatic rings. The Morgan fingerprint density at radius 3 is 2.68 bits per heavy atom. The normalized spacial score (nSPS) is 10.5. The predicted octanol–water partition coefficient (Wildman–Crippen LogP) is 4.83. The smallest absolute Gasteiger partial charge is 0.142 e. The van der Waals surface area contributed by atoms with E-state index in [1.165, 1.54) is 0 Å². The molecule has 0 radical (unpaired) electrons. The van der Waals surface area contributed by atoms with Gasteiger partial charge in [-0.3, -0.25) is 4.98 Å². The number of ether oxygens (including phenoxy) is 1. The minimum absolute atomic E-state index is 0.448. The van der Waals surface area contributed by atoms with Crippen LogP contribution in [0.1, 0.15) is 22.5 Å². The van der Waals surface area contributed by atoms with Gasteiger partial charge in [0.2, 0.25) is 0 Å². The van der Waals surface area contributed by atoms with Crippen molar-refractivity contribution in [1.29, 1.82) is 0 Å². The fourth-order valence-corrected chi connectivity index (χ4v) is 2.44. The van der Waals surface area contributed by atoms with Crippen molar-refractivity contribution < 1.29 is 4.74 Å². The first-order valence-electron chi connectivity index (χ1n) is 6.00. The molecule has 0 bridgehead atoms. The minimum Gasteiger partial charge on any atom is -0.487 e. The van der Waals surface area contributed by atoms with Crippen LogP contribution in [0.5, 0.6) is 5.75 Å². The molecule has 0 aliphatic heterocycles. The van der Waals surface area contributed by atoms with Crippen LogP contribution >= 0.6 is 27.5 Å². The maximum absolute atomic E-state index is 6.19. The van der Waals surface area contributed by atoms with Gasteiger partial charge in [-0.1, -0.05) is 39.7 Å². The van der Waals surface area contributed by atoms with Crippen LogP contribution in [-0.4, -0.2) is 4.98 Å². The van der Waals surface area contributed by atoms with Gasteiger partial charge in [-0.05, 0) is 37.6 Å². The number of rotatable bonds is 4. The molecule has 0 unspecified atom stereocenters. The zero-order chi connectivity index (χ0) is 13.8. The zero-order valence-electron chi connectivity index (χ0n) is 10.9. The molecule has 0 atom stereocenters. The molecule has 0 saturated heterocycles. The van der Waals surface area contributed by atoms with Gasteiger partial charge in [0.25, 0.3) is 0 Å². The third-order valence-electron chi connectivity index (χ3n) is 2.79. The van der Waals surface area contributed by atoms with E-state index in [4.69, 9.17) is 16.3 Å². The van der Waals surface area contributed by atoms with Gasteiger partial charge in [0.1, 0.15) is 12.4 Å². The third kappa shape index (κ3) is 3.71. The van der Waals surface area contributed by atoms with E-state index in [1.54, 1.807) is 0 Å². The van der Waals surface area contributed by atoms with Crippen molar-refractivity contribution in [3.63, 3.8) is 0 Å². The molecule has 100 valence electrons. The molecule has 0 fully saturated rings. The molecule has 0 amide bonds. The number of halogens is 2. The second-order valence-electron chi connectivity index (χ2n) is 4.41. The first-order valence-corrected chi connectivity index (χ1v) is 7.50. The fraction of sp³-hybridized carbons (Fsp3) is 0.267. The highest BCUT2D eigenvalue weighted by atomic mass is 79.9. The highest BCUT2D eigenvalue weighted by molar-refractivity contribution is 9.08. The summed E-state index contributed by atoms with van der Waals surface area (Å²) < 4.78 is 5.81. The van der Waals surface area contributed by atoms with E-state index in [0.717, 1.165) is 33.3 Å². The molecule has 0 aliphatic rings. The second-order valence-corrected chi connectivity index (χ2v) is 5.38. The predicted molar refractivity (Wildman–Crippen MR) is 82.1 cm³/mol. The topological polar surface area (TPSA) is 22.1 Å². The molecule has 4 heteroatoms. The summed E-state index contributed by atoms with van der Waals surface area (Å²) in [5, 5.41) is 1.41. The average molecular weight is 341 g/mol. The quantitative estimate of drug-likeness (QED) is 0.744. The van der Waals surface area contributed by atoms with Crippen molar-refractivity contribution >= 4 is 27.5 Å². The van der Waals surface area contributed by atoms with Gasteiger partial charge in [-0.15, -0.1) is 0 Å². The maximum atomic E-state index is 6.19. The number of benzene rings is 1. The molecule has 0 saturated carbocycles. The van der Waals surface area contributed by atoms with Gasteiger partial charge >= 0.3 is 0 Å². The molecule has 2 rings (SSSR count). The molecule has 1 heterocycles. The largest absolute Gasteiger partial charge is 0.487 e. The van der Waals surface area contributed by atoms with E-state index in [9.17, 15) is 0 Å². The Kier molecular flexibility index (Phi) is 4.83. The van der Waals surface area contributed by atoms with Crippen molar-refractivity contribution in [2.75, 3.05) is 0 Å². The molecular weight excluding hydrogens is 326 g/mol. The molecule has 0 N–H and O–H groups in total. The number of hydrogen-bond donors (Lipinski definition) is 0. The lowest BCUT2D eigenvalue weighted by Gasteiger charge is -2.11. The monoisotopic (exact) mass is 339 g/mol. The Morgan fingerprint density at radius 2 is 2.00 bits per heavy atom. The summed E-state index contributed by atoms with van der Waals surface area (Å²) in [6.07, 6.45) is 0. The first kappa shape index (κ1) is 14.4. The minimum atomic E-state index is 0.448. The van der Waals surface area contributed by atoms with Gasteiger partial charge in [0.05, 0.1) is 5.69 Å². The van der Waals surface area contributed by atoms with Crippen LogP contribution in [0.2, 0.25) is 5.02 Å². The summed E-state index contributed by atoms with van der Waals surface area (Å²) >= 11 is 9.61. The number of alkyl halides is 1. The highest BCUT2D eigenvalue weighted by Gasteiger charge is 2.07. The van der Waals surface area contributed by atoms with Crippen LogP contribution in [0.4, 0.5) is 0 Å². The van der Waals surface area contributed by atoms with E-state index < -0.39 is 0 Å². The first-order chi connectivity index (χ1) is 9.10. The summed E-state index contributed by atoms with van der Waals surface area (Å²) in [4.78, 5) is 4.44. The summed E-state index contributed by atoms with van der Waals surface area (Å²) in [7, 11) is 0. The number of aromatic nitrogens is 1. The van der Waals surface area contributed by atoms with Crippen molar-refractivity contribution in [3.05, 3.63) is 57.9 Å². The van der Waals surface area contributed by atoms with Crippen molar-refractivity contribution in [1.82, 2.24) is 4.98 Å². The highest BCUT2D eigenvalue weighted by Crippen LogP contribution is 2.23. The van der Waals surface area contributed by atoms with Crippen molar-refractivity contribution in [2.45, 2.75) is 25.8 Å². The van der Waals surface area contributed by atoms with Gasteiger partial charge in [0.15, 0.2) is 0 Å². The SMILES string of the molecule is Cc1ccc(COc2ccc(C)nc2CBr)c(Cl)c1. The average Bonchev–Trinajstić information content (AvgIpc) is 2.39. The van der Waals surface area contributed by atoms with Crippen LogP contribution in [0.15, 0.2) is 30.3 Å². The molecule has 0 spiro atoms. The Hall–Kier alpha value is -1.06. The van der Waals surface area contributed by atoms with Gasteiger partial charge in [0, 0.05) is 21.6 Å². The number of hydrogen-bond acceptors (Lipinski definition) is 2. The summed E-state index contributed by atoms with van der Waals surface area (Å²) in [5.41, 5.74) is 4.01. The molecule has 0 aliphatic carbocycles. The summed E-state index contributed by atoms with van der Waals surface area (Å²) in [6.45, 7) is 4.43. The van der Waals surface area contributed by atoms with E-state index in [-0.39, 0.29) is 0 Å². The number of pyridine rings is 1. The second kappa shape index (κ2) is 6.40. The molecule has 1 aromatic heterocycles. The lowest BCUT2D eigenvalue weighted by Crippen LogP contribution is -2.01. The van der Waals surface area contributed by atoms with Crippen molar-refractivity contribution in [2.24, 2.45) is 0 Å². The van der Waals surface area contributed by atoms with E-state index >= 15 is 0 Å². The molecular formula is C15H15BrClNO. The third-order valence-corrected chi connectivity index (χ3v) is 3.67. The van der Waals surface area contributed by atoms with Crippen LogP contribution < -0.4 is 4.74 Å². The standard InChI is InChI=1S/C15H15BrClNO/c1-10-3-5-12(13(17)7-10)9-19-15-6-4-11(2)18-14(15)8-16/h3-7H,8-9H2,1-2H3. The van der Waals surface area contributed by atoms with E-state index in [2.05, 4.69) is 20.9 Å². The van der Waals surface area contributed by atoms with Crippen molar-refractivity contribution in [3.8, 4) is 5.75 Å². The van der Waals surface area contributed by atoms with Crippen LogP contribution in [0.3, 0.4) is 0 Å². The zero-order valence-corrected chi connectivity index (χ0v) is 13.3. The Balaban J connectivity index is 2.14. The lowest BCUT2D eigenvalue weighted by molar-refractivity contribution is 0.302. The molecule has 2 nitrogen and oxygen atoms in total. The van der Waals surface area contributed by atoms with Crippen LogP contribution in [0.25, 0.3) is 0 Å². The van der Waals surface area contributed by atoms with Gasteiger partial charge < -0.3 is 4.74 Å². The van der Waals surface area contributed by atoms with Gasteiger partial charge in [-0.25, -0.2) is 0 Å². The summed E-state index contributed by atoms with van der Waals surface area (Å²) in [6, 6.07) is 9.86. The number of nitrogens with zero attached hydrogens (tertiary/aromatic N) is 1. The number of aryl methyl sites for hydroxylation is 2. The Morgan fingerprint density at radius 1 is 1.21 bits per heavy atom. The van der Waals surface area contributed by atoms with Crippen LogP contribution in [-0.2, 0) is 11.9 Å². The lowest BCUT2D eigenvalue weighted by atomic mass is 10.1. The molecule has 1 aromatic carbocycles. The van der Waals surface area contributed by atoms with Gasteiger partial charge in [-0.2, -0.15) is 0 Å². The van der Waals surface area contributed by atoms with E-state index in [1.807, 2.05) is 44.2 Å². The molecule has 19 heavy (non-hydrogen) atoms. The Labute approximate surface area is 126 Å². The fourth-order valence-electron chi connectivity index (χ4n) is 1.75. The van der Waals surface area contributed by atoms with E-state index in [0.29, 0.717) is 11.9 Å². The Bertz CT molecular complexity index is 586. The summed E-state index contributed by atoms with van der Waals surface area (Å²) in [5.74, 6) is 0.791. The maximum Gasteiger partial charge on any atom is 0.142 e. The van der Waals surface area contributed by atoms with Crippen LogP contribution in [0, 0.1) is 13.8 Å².